The maximum absolute atomic E-state index is 13.1. The molecule has 194 valence electrons. The number of nitrogens with zero attached hydrogens (tertiary/aromatic N) is 5. The summed E-state index contributed by atoms with van der Waals surface area (Å²) in [6.45, 7) is 2.37. The first-order chi connectivity index (χ1) is 18.2. The molecule has 4 aromatic rings. The van der Waals surface area contributed by atoms with Gasteiger partial charge in [-0.3, -0.25) is 14.9 Å². The van der Waals surface area contributed by atoms with Crippen molar-refractivity contribution in [3.63, 3.8) is 0 Å². The van der Waals surface area contributed by atoms with E-state index in [0.717, 1.165) is 17.2 Å². The third-order valence-electron chi connectivity index (χ3n) is 6.31. The van der Waals surface area contributed by atoms with E-state index >= 15 is 0 Å². The lowest BCUT2D eigenvalue weighted by molar-refractivity contribution is -0.387. The lowest BCUT2D eigenvalue weighted by atomic mass is 10.1. The van der Waals surface area contributed by atoms with E-state index in [9.17, 15) is 23.3 Å². The van der Waals surface area contributed by atoms with Crippen LogP contribution >= 0.6 is 0 Å². The number of hydrogen-bond donors (Lipinski definition) is 0. The predicted molar refractivity (Wildman–Crippen MR) is 138 cm³/mol. The molecule has 12 heteroatoms. The highest BCUT2D eigenvalue weighted by Crippen LogP contribution is 2.28. The minimum atomic E-state index is -4.08. The number of nitro groups is 1. The van der Waals surface area contributed by atoms with E-state index in [1.54, 1.807) is 29.2 Å². The minimum Gasteiger partial charge on any atom is -0.416 e. The van der Waals surface area contributed by atoms with Crippen molar-refractivity contribution in [2.45, 2.75) is 11.8 Å². The summed E-state index contributed by atoms with van der Waals surface area (Å²) in [6, 6.07) is 19.7. The minimum absolute atomic E-state index is 0.0297. The highest BCUT2D eigenvalue weighted by molar-refractivity contribution is 7.89. The number of sulfonamides is 1. The molecule has 0 bridgehead atoms. The summed E-state index contributed by atoms with van der Waals surface area (Å²) < 4.78 is 33.0. The van der Waals surface area contributed by atoms with Gasteiger partial charge in [-0.2, -0.15) is 4.31 Å². The fourth-order valence-electron chi connectivity index (χ4n) is 4.19. The zero-order valence-corrected chi connectivity index (χ0v) is 21.2. The van der Waals surface area contributed by atoms with Crippen LogP contribution in [-0.4, -0.2) is 64.8 Å². The fraction of sp³-hybridized carbons (Fsp3) is 0.192. The van der Waals surface area contributed by atoms with Crippen LogP contribution in [0.3, 0.4) is 0 Å². The van der Waals surface area contributed by atoms with Crippen LogP contribution in [0.1, 0.15) is 15.9 Å². The summed E-state index contributed by atoms with van der Waals surface area (Å²) in [5.41, 5.74) is 2.55. The van der Waals surface area contributed by atoms with Crippen LogP contribution in [0.15, 0.2) is 82.1 Å². The number of para-hydroxylation sites is 1. The van der Waals surface area contributed by atoms with E-state index in [0.29, 0.717) is 22.9 Å². The van der Waals surface area contributed by atoms with Crippen LogP contribution in [0.2, 0.25) is 0 Å². The van der Waals surface area contributed by atoms with Crippen LogP contribution < -0.4 is 0 Å². The fourth-order valence-corrected chi connectivity index (χ4v) is 5.77. The standard InChI is InChI=1S/C26H23N5O6S/c1-18-6-8-19(9-7-18)24-27-28-25(37-24)20-10-12-21(13-11-20)26(32)29-14-16-30(17-15-29)38(35,36)23-5-3-2-4-22(23)31(33)34/h2-13H,14-17H2,1H3. The smallest absolute Gasteiger partial charge is 0.289 e. The molecular formula is C26H23N5O6S. The summed E-state index contributed by atoms with van der Waals surface area (Å²) in [5.74, 6) is 0.479. The van der Waals surface area contributed by atoms with E-state index < -0.39 is 20.6 Å². The van der Waals surface area contributed by atoms with Crippen LogP contribution in [0.5, 0.6) is 0 Å². The number of rotatable bonds is 6. The quantitative estimate of drug-likeness (QED) is 0.270. The Labute approximate surface area is 218 Å². The summed E-state index contributed by atoms with van der Waals surface area (Å²) in [5, 5.41) is 19.5. The molecule has 0 unspecified atom stereocenters. The second kappa shape index (κ2) is 10.1. The van der Waals surface area contributed by atoms with Gasteiger partial charge in [0.15, 0.2) is 4.90 Å². The molecule has 1 aliphatic rings. The van der Waals surface area contributed by atoms with E-state index in [2.05, 4.69) is 10.2 Å². The molecule has 0 spiro atoms. The van der Waals surface area contributed by atoms with Crippen molar-refractivity contribution in [2.75, 3.05) is 26.2 Å². The average molecular weight is 534 g/mol. The van der Waals surface area contributed by atoms with Gasteiger partial charge >= 0.3 is 0 Å². The van der Waals surface area contributed by atoms with E-state index in [-0.39, 0.29) is 37.0 Å². The summed E-state index contributed by atoms with van der Waals surface area (Å²) in [6.07, 6.45) is 0. The molecule has 11 nitrogen and oxygen atoms in total. The number of hydrogen-bond acceptors (Lipinski definition) is 8. The second-order valence-electron chi connectivity index (χ2n) is 8.78. The molecule has 0 N–H and O–H groups in total. The number of aryl methyl sites for hydroxylation is 1. The molecule has 0 aliphatic carbocycles. The molecule has 0 radical (unpaired) electrons. The molecule has 1 aromatic heterocycles. The molecule has 0 atom stereocenters. The molecule has 1 aliphatic heterocycles. The molecule has 2 heterocycles. The Kier molecular flexibility index (Phi) is 6.74. The largest absolute Gasteiger partial charge is 0.416 e. The number of piperazine rings is 1. The van der Waals surface area contributed by atoms with Crippen LogP contribution in [0, 0.1) is 17.0 Å². The summed E-state index contributed by atoms with van der Waals surface area (Å²) >= 11 is 0. The molecule has 3 aromatic carbocycles. The monoisotopic (exact) mass is 533 g/mol. The van der Waals surface area contributed by atoms with Gasteiger partial charge in [-0.1, -0.05) is 29.8 Å². The second-order valence-corrected chi connectivity index (χ2v) is 10.7. The number of aromatic nitrogens is 2. The topological polar surface area (TPSA) is 140 Å². The van der Waals surface area contributed by atoms with Gasteiger partial charge < -0.3 is 9.32 Å². The van der Waals surface area contributed by atoms with Crippen molar-refractivity contribution in [3.05, 3.63) is 94.0 Å². The van der Waals surface area contributed by atoms with Crippen molar-refractivity contribution in [3.8, 4) is 22.9 Å². The molecule has 1 saturated heterocycles. The number of carbonyl (C=O) groups is 1. The molecule has 1 amide bonds. The van der Waals surface area contributed by atoms with Crippen molar-refractivity contribution < 1.29 is 22.6 Å². The van der Waals surface area contributed by atoms with Crippen LogP contribution in [0.4, 0.5) is 5.69 Å². The van der Waals surface area contributed by atoms with Crippen molar-refractivity contribution in [2.24, 2.45) is 0 Å². The first-order valence-electron chi connectivity index (χ1n) is 11.8. The Morgan fingerprint density at radius 3 is 2.00 bits per heavy atom. The van der Waals surface area contributed by atoms with Gasteiger partial charge in [0.2, 0.25) is 21.8 Å². The molecule has 1 fully saturated rings. The van der Waals surface area contributed by atoms with Gasteiger partial charge in [0, 0.05) is 48.9 Å². The number of amides is 1. The maximum Gasteiger partial charge on any atom is 0.289 e. The summed E-state index contributed by atoms with van der Waals surface area (Å²) in [7, 11) is -4.08. The zero-order chi connectivity index (χ0) is 26.9. The van der Waals surface area contributed by atoms with Gasteiger partial charge in [-0.25, -0.2) is 8.42 Å². The van der Waals surface area contributed by atoms with E-state index in [1.807, 2.05) is 31.2 Å². The first-order valence-corrected chi connectivity index (χ1v) is 13.2. The van der Waals surface area contributed by atoms with Crippen molar-refractivity contribution in [1.29, 1.82) is 0 Å². The molecular weight excluding hydrogens is 510 g/mol. The maximum atomic E-state index is 13.1. The third kappa shape index (κ3) is 4.91. The number of nitro benzene ring substituents is 1. The Bertz CT molecular complexity index is 1590. The molecule has 0 saturated carbocycles. The Balaban J connectivity index is 1.24. The van der Waals surface area contributed by atoms with Crippen molar-refractivity contribution >= 4 is 21.6 Å². The Morgan fingerprint density at radius 2 is 1.42 bits per heavy atom. The number of carbonyl (C=O) groups excluding carboxylic acids is 1. The Morgan fingerprint density at radius 1 is 0.868 bits per heavy atom. The van der Waals surface area contributed by atoms with Gasteiger partial charge in [0.05, 0.1) is 4.92 Å². The third-order valence-corrected chi connectivity index (χ3v) is 8.25. The zero-order valence-electron chi connectivity index (χ0n) is 20.4. The normalized spacial score (nSPS) is 14.4. The summed E-state index contributed by atoms with van der Waals surface area (Å²) in [4.78, 5) is 24.8. The lowest BCUT2D eigenvalue weighted by Gasteiger charge is -2.34. The average Bonchev–Trinajstić information content (AvgIpc) is 3.43. The van der Waals surface area contributed by atoms with E-state index in [4.69, 9.17) is 4.42 Å². The Hall–Kier alpha value is -4.42. The first kappa shape index (κ1) is 25.2. The lowest BCUT2D eigenvalue weighted by Crippen LogP contribution is -2.50. The molecule has 5 rings (SSSR count). The number of benzene rings is 3. The van der Waals surface area contributed by atoms with Crippen LogP contribution in [-0.2, 0) is 10.0 Å². The molecule has 38 heavy (non-hydrogen) atoms. The van der Waals surface area contributed by atoms with Gasteiger partial charge in [0.25, 0.3) is 11.6 Å². The van der Waals surface area contributed by atoms with Gasteiger partial charge in [-0.05, 0) is 49.4 Å². The van der Waals surface area contributed by atoms with Crippen LogP contribution in [0.25, 0.3) is 22.9 Å². The predicted octanol–water partition coefficient (Wildman–Crippen LogP) is 3.77. The SMILES string of the molecule is Cc1ccc(-c2nnc(-c3ccc(C(=O)N4CCN(S(=O)(=O)c5ccccc5[N+](=O)[O-])CC4)cc3)o2)cc1. The highest BCUT2D eigenvalue weighted by Gasteiger charge is 2.34. The van der Waals surface area contributed by atoms with E-state index in [1.165, 1.54) is 22.5 Å². The highest BCUT2D eigenvalue weighted by atomic mass is 32.2. The van der Waals surface area contributed by atoms with Gasteiger partial charge in [-0.15, -0.1) is 10.2 Å². The van der Waals surface area contributed by atoms with Gasteiger partial charge in [0.1, 0.15) is 0 Å². The van der Waals surface area contributed by atoms with Crippen molar-refractivity contribution in [1.82, 2.24) is 19.4 Å².